The zero-order valence-corrected chi connectivity index (χ0v) is 11.2. The average Bonchev–Trinajstić information content (AvgIpc) is 2.34. The third kappa shape index (κ3) is 3.52. The molecule has 18 heavy (non-hydrogen) atoms. The molecule has 1 fully saturated rings. The molecule has 0 radical (unpaired) electrons. The molecule has 2 rings (SSSR count). The van der Waals surface area contributed by atoms with Crippen LogP contribution in [0.1, 0.15) is 46.0 Å². The fourth-order valence-corrected chi connectivity index (χ4v) is 2.17. The smallest absolute Gasteiger partial charge is 0.240 e. The van der Waals surface area contributed by atoms with E-state index in [1.54, 1.807) is 6.07 Å². The Kier molecular flexibility index (Phi) is 4.28. The average molecular weight is 250 g/mol. The first-order valence-corrected chi connectivity index (χ1v) is 6.75. The van der Waals surface area contributed by atoms with Gasteiger partial charge in [0.15, 0.2) is 0 Å². The van der Waals surface area contributed by atoms with Gasteiger partial charge in [0.05, 0.1) is 11.8 Å². The Morgan fingerprint density at radius 3 is 2.61 bits per heavy atom. The minimum Gasteiger partial charge on any atom is -0.474 e. The maximum absolute atomic E-state index is 5.89. The van der Waals surface area contributed by atoms with E-state index in [1.807, 2.05) is 19.9 Å². The number of hydrogen-bond acceptors (Lipinski definition) is 4. The van der Waals surface area contributed by atoms with Crippen LogP contribution in [0.2, 0.25) is 0 Å². The van der Waals surface area contributed by atoms with Gasteiger partial charge >= 0.3 is 0 Å². The molecule has 1 aliphatic carbocycles. The summed E-state index contributed by atoms with van der Waals surface area (Å²) >= 11 is 0. The summed E-state index contributed by atoms with van der Waals surface area (Å²) in [7, 11) is 0. The summed E-state index contributed by atoms with van der Waals surface area (Å²) < 4.78 is 11.4. The van der Waals surface area contributed by atoms with Gasteiger partial charge in [-0.05, 0) is 45.6 Å². The molecular formula is C14H22N2O2. The van der Waals surface area contributed by atoms with Crippen LogP contribution < -0.4 is 15.2 Å². The third-order valence-corrected chi connectivity index (χ3v) is 3.05. The summed E-state index contributed by atoms with van der Waals surface area (Å²) in [6, 6.07) is 3.61. The Labute approximate surface area is 108 Å². The molecule has 2 N–H and O–H groups in total. The second-order valence-corrected chi connectivity index (χ2v) is 5.09. The van der Waals surface area contributed by atoms with Gasteiger partial charge in [-0.3, -0.25) is 0 Å². The summed E-state index contributed by atoms with van der Waals surface area (Å²) in [4.78, 5) is 4.34. The molecule has 0 saturated heterocycles. The van der Waals surface area contributed by atoms with Gasteiger partial charge in [0.25, 0.3) is 0 Å². The largest absolute Gasteiger partial charge is 0.474 e. The van der Waals surface area contributed by atoms with E-state index in [-0.39, 0.29) is 6.10 Å². The molecule has 0 atom stereocenters. The van der Waals surface area contributed by atoms with Gasteiger partial charge in [-0.1, -0.05) is 6.42 Å². The van der Waals surface area contributed by atoms with Crippen LogP contribution in [0.5, 0.6) is 11.8 Å². The third-order valence-electron chi connectivity index (χ3n) is 3.05. The quantitative estimate of drug-likeness (QED) is 0.891. The van der Waals surface area contributed by atoms with Crippen LogP contribution in [0, 0.1) is 0 Å². The van der Waals surface area contributed by atoms with Crippen molar-refractivity contribution in [2.75, 3.05) is 5.73 Å². The topological polar surface area (TPSA) is 57.4 Å². The highest BCUT2D eigenvalue weighted by Crippen LogP contribution is 2.26. The lowest BCUT2D eigenvalue weighted by atomic mass is 9.98. The molecule has 1 saturated carbocycles. The van der Waals surface area contributed by atoms with Gasteiger partial charge in [-0.25, -0.2) is 0 Å². The van der Waals surface area contributed by atoms with Crippen molar-refractivity contribution in [2.24, 2.45) is 0 Å². The SMILES string of the molecule is CC(C)Oc1nc(OC2CCCCC2)ccc1N. The lowest BCUT2D eigenvalue weighted by molar-refractivity contribution is 0.145. The molecular weight excluding hydrogens is 228 g/mol. The number of ether oxygens (including phenoxy) is 2. The van der Waals surface area contributed by atoms with E-state index in [1.165, 1.54) is 19.3 Å². The molecule has 0 unspecified atom stereocenters. The predicted octanol–water partition coefficient (Wildman–Crippen LogP) is 3.16. The fourth-order valence-electron chi connectivity index (χ4n) is 2.17. The molecule has 1 aromatic rings. The lowest BCUT2D eigenvalue weighted by Gasteiger charge is -2.22. The van der Waals surface area contributed by atoms with Gasteiger partial charge < -0.3 is 15.2 Å². The molecule has 4 heteroatoms. The second-order valence-electron chi connectivity index (χ2n) is 5.09. The van der Waals surface area contributed by atoms with Gasteiger partial charge in [0.1, 0.15) is 6.10 Å². The van der Waals surface area contributed by atoms with Crippen molar-refractivity contribution in [1.82, 2.24) is 4.98 Å². The Balaban J connectivity index is 2.03. The Bertz CT molecular complexity index is 387. The Hall–Kier alpha value is -1.45. The van der Waals surface area contributed by atoms with Crippen LogP contribution in [0.4, 0.5) is 5.69 Å². The molecule has 1 heterocycles. The Morgan fingerprint density at radius 1 is 1.22 bits per heavy atom. The zero-order chi connectivity index (χ0) is 13.0. The number of nitrogens with two attached hydrogens (primary N) is 1. The number of pyridine rings is 1. The number of anilines is 1. The van der Waals surface area contributed by atoms with Crippen LogP contribution in [-0.4, -0.2) is 17.2 Å². The summed E-state index contributed by atoms with van der Waals surface area (Å²) in [6.45, 7) is 3.91. The molecule has 0 spiro atoms. The van der Waals surface area contributed by atoms with E-state index in [9.17, 15) is 0 Å². The van der Waals surface area contributed by atoms with Crippen LogP contribution in [0.25, 0.3) is 0 Å². The van der Waals surface area contributed by atoms with Gasteiger partial charge in [-0.15, -0.1) is 0 Å². The fraction of sp³-hybridized carbons (Fsp3) is 0.643. The molecule has 1 aliphatic rings. The van der Waals surface area contributed by atoms with E-state index < -0.39 is 0 Å². The van der Waals surface area contributed by atoms with Gasteiger partial charge in [0.2, 0.25) is 11.8 Å². The van der Waals surface area contributed by atoms with E-state index in [4.69, 9.17) is 15.2 Å². The minimum absolute atomic E-state index is 0.0599. The van der Waals surface area contributed by atoms with Crippen molar-refractivity contribution in [3.63, 3.8) is 0 Å². The number of aromatic nitrogens is 1. The molecule has 100 valence electrons. The van der Waals surface area contributed by atoms with Crippen molar-refractivity contribution < 1.29 is 9.47 Å². The lowest BCUT2D eigenvalue weighted by Crippen LogP contribution is -2.20. The maximum atomic E-state index is 5.89. The first-order valence-electron chi connectivity index (χ1n) is 6.75. The first kappa shape index (κ1) is 13.0. The predicted molar refractivity (Wildman–Crippen MR) is 71.9 cm³/mol. The van der Waals surface area contributed by atoms with Crippen LogP contribution in [-0.2, 0) is 0 Å². The highest BCUT2D eigenvalue weighted by atomic mass is 16.5. The van der Waals surface area contributed by atoms with E-state index >= 15 is 0 Å². The molecule has 1 aromatic heterocycles. The highest BCUT2D eigenvalue weighted by molar-refractivity contribution is 5.49. The summed E-state index contributed by atoms with van der Waals surface area (Å²) in [5.74, 6) is 1.09. The summed E-state index contributed by atoms with van der Waals surface area (Å²) in [5.41, 5.74) is 6.38. The molecule has 0 aliphatic heterocycles. The summed E-state index contributed by atoms with van der Waals surface area (Å²) in [5, 5.41) is 0. The second kappa shape index (κ2) is 5.94. The van der Waals surface area contributed by atoms with Gasteiger partial charge in [-0.2, -0.15) is 4.98 Å². The standard InChI is InChI=1S/C14H22N2O2/c1-10(2)17-14-12(15)8-9-13(16-14)18-11-6-4-3-5-7-11/h8-11H,3-7,15H2,1-2H3. The van der Waals surface area contributed by atoms with Crippen LogP contribution in [0.15, 0.2) is 12.1 Å². The van der Waals surface area contributed by atoms with Gasteiger partial charge in [0, 0.05) is 6.07 Å². The van der Waals surface area contributed by atoms with Crippen molar-refractivity contribution >= 4 is 5.69 Å². The van der Waals surface area contributed by atoms with Crippen LogP contribution >= 0.6 is 0 Å². The van der Waals surface area contributed by atoms with Crippen molar-refractivity contribution in [1.29, 1.82) is 0 Å². The number of nitrogens with zero attached hydrogens (tertiary/aromatic N) is 1. The number of nitrogen functional groups attached to an aromatic ring is 1. The zero-order valence-electron chi connectivity index (χ0n) is 11.2. The van der Waals surface area contributed by atoms with E-state index in [2.05, 4.69) is 4.98 Å². The summed E-state index contributed by atoms with van der Waals surface area (Å²) in [6.07, 6.45) is 6.39. The molecule has 0 bridgehead atoms. The van der Waals surface area contributed by atoms with Crippen molar-refractivity contribution in [3.05, 3.63) is 12.1 Å². The van der Waals surface area contributed by atoms with Crippen molar-refractivity contribution in [3.8, 4) is 11.8 Å². The molecule has 4 nitrogen and oxygen atoms in total. The first-order chi connectivity index (χ1) is 8.65. The number of hydrogen-bond donors (Lipinski definition) is 1. The highest BCUT2D eigenvalue weighted by Gasteiger charge is 2.16. The molecule has 0 amide bonds. The minimum atomic E-state index is 0.0599. The van der Waals surface area contributed by atoms with E-state index in [0.29, 0.717) is 23.6 Å². The normalized spacial score (nSPS) is 16.8. The van der Waals surface area contributed by atoms with Crippen molar-refractivity contribution in [2.45, 2.75) is 58.2 Å². The monoisotopic (exact) mass is 250 g/mol. The van der Waals surface area contributed by atoms with Crippen LogP contribution in [0.3, 0.4) is 0 Å². The molecule has 0 aromatic carbocycles. The number of rotatable bonds is 4. The van der Waals surface area contributed by atoms with E-state index in [0.717, 1.165) is 12.8 Å². The maximum Gasteiger partial charge on any atom is 0.240 e. The Morgan fingerprint density at radius 2 is 1.94 bits per heavy atom.